The molecular weight excluding hydrogens is 333 g/mol. The number of hydrogen-bond donors (Lipinski definition) is 2. The molecule has 0 atom stereocenters. The fourth-order valence-corrected chi connectivity index (χ4v) is 3.06. The van der Waals surface area contributed by atoms with Gasteiger partial charge in [-0.15, -0.1) is 0 Å². The number of nitrogens with zero attached hydrogens (tertiary/aromatic N) is 1. The zero-order chi connectivity index (χ0) is 18.4. The van der Waals surface area contributed by atoms with E-state index in [-0.39, 0.29) is 30.1 Å². The van der Waals surface area contributed by atoms with Gasteiger partial charge in [0.2, 0.25) is 11.8 Å². The number of halogens is 1. The summed E-state index contributed by atoms with van der Waals surface area (Å²) >= 11 is 0. The summed E-state index contributed by atoms with van der Waals surface area (Å²) < 4.78 is 12.9. The van der Waals surface area contributed by atoms with E-state index in [1.807, 2.05) is 35.2 Å². The number of carbonyl (C=O) groups excluding carboxylic acids is 2. The molecule has 2 amide bonds. The third-order valence-corrected chi connectivity index (χ3v) is 4.49. The molecule has 0 saturated carbocycles. The van der Waals surface area contributed by atoms with Gasteiger partial charge in [-0.2, -0.15) is 0 Å². The predicted octanol–water partition coefficient (Wildman–Crippen LogP) is 3.11. The normalized spacial score (nSPS) is 15.4. The predicted molar refractivity (Wildman–Crippen MR) is 99.3 cm³/mol. The van der Waals surface area contributed by atoms with Gasteiger partial charge >= 0.3 is 0 Å². The first-order valence-corrected chi connectivity index (χ1v) is 8.74. The lowest BCUT2D eigenvalue weighted by Gasteiger charge is -2.30. The van der Waals surface area contributed by atoms with Crippen LogP contribution in [0.1, 0.15) is 12.8 Å². The number of amides is 2. The van der Waals surface area contributed by atoms with Crippen molar-refractivity contribution in [1.82, 2.24) is 4.90 Å². The second-order valence-electron chi connectivity index (χ2n) is 6.46. The summed E-state index contributed by atoms with van der Waals surface area (Å²) in [6.45, 7) is 1.66. The number of hydrogen-bond acceptors (Lipinski definition) is 3. The van der Waals surface area contributed by atoms with Gasteiger partial charge in [0.15, 0.2) is 0 Å². The van der Waals surface area contributed by atoms with Crippen molar-refractivity contribution in [2.45, 2.75) is 12.8 Å². The van der Waals surface area contributed by atoms with Crippen molar-refractivity contribution < 1.29 is 14.0 Å². The van der Waals surface area contributed by atoms with Crippen molar-refractivity contribution in [2.24, 2.45) is 5.92 Å². The molecule has 0 aromatic heterocycles. The molecule has 1 saturated heterocycles. The fourth-order valence-electron chi connectivity index (χ4n) is 3.06. The Labute approximate surface area is 152 Å². The van der Waals surface area contributed by atoms with Crippen molar-refractivity contribution >= 4 is 23.2 Å². The van der Waals surface area contributed by atoms with Gasteiger partial charge in [0.25, 0.3) is 0 Å². The van der Waals surface area contributed by atoms with E-state index < -0.39 is 0 Å². The minimum atomic E-state index is -0.334. The molecule has 26 heavy (non-hydrogen) atoms. The fraction of sp³-hybridized carbons (Fsp3) is 0.300. The van der Waals surface area contributed by atoms with E-state index in [4.69, 9.17) is 0 Å². The quantitative estimate of drug-likeness (QED) is 0.866. The Morgan fingerprint density at radius 3 is 2.19 bits per heavy atom. The van der Waals surface area contributed by atoms with E-state index in [0.717, 1.165) is 18.5 Å². The third kappa shape index (κ3) is 5.13. The molecule has 1 aliphatic heterocycles. The highest BCUT2D eigenvalue weighted by Crippen LogP contribution is 2.19. The van der Waals surface area contributed by atoms with Crippen LogP contribution in [0.2, 0.25) is 0 Å². The molecule has 6 heteroatoms. The van der Waals surface area contributed by atoms with E-state index in [9.17, 15) is 14.0 Å². The number of piperidine rings is 1. The summed E-state index contributed by atoms with van der Waals surface area (Å²) in [5, 5.41) is 5.69. The highest BCUT2D eigenvalue weighted by atomic mass is 19.1. The van der Waals surface area contributed by atoms with Crippen LogP contribution in [0, 0.1) is 11.7 Å². The number of para-hydroxylation sites is 1. The molecule has 2 N–H and O–H groups in total. The SMILES string of the molecule is O=C(CN1CCC(C(=O)Nc2ccccc2)CC1)Nc1ccc(F)cc1. The molecule has 2 aromatic carbocycles. The Balaban J connectivity index is 1.42. The van der Waals surface area contributed by atoms with Crippen molar-refractivity contribution in [1.29, 1.82) is 0 Å². The van der Waals surface area contributed by atoms with Crippen LogP contribution in [0.3, 0.4) is 0 Å². The average molecular weight is 355 g/mol. The molecule has 1 fully saturated rings. The molecule has 0 unspecified atom stereocenters. The van der Waals surface area contributed by atoms with E-state index in [0.29, 0.717) is 18.8 Å². The number of likely N-dealkylation sites (tertiary alicyclic amines) is 1. The minimum absolute atomic E-state index is 0.0339. The molecule has 5 nitrogen and oxygen atoms in total. The number of nitrogens with one attached hydrogen (secondary N) is 2. The van der Waals surface area contributed by atoms with Crippen molar-refractivity contribution in [2.75, 3.05) is 30.3 Å². The highest BCUT2D eigenvalue weighted by Gasteiger charge is 2.25. The summed E-state index contributed by atoms with van der Waals surface area (Å²) in [6.07, 6.45) is 1.45. The maximum absolute atomic E-state index is 12.9. The summed E-state index contributed by atoms with van der Waals surface area (Å²) in [5.41, 5.74) is 1.38. The lowest BCUT2D eigenvalue weighted by atomic mass is 9.96. The molecule has 1 aliphatic rings. The van der Waals surface area contributed by atoms with Crippen LogP contribution < -0.4 is 10.6 Å². The molecule has 0 aliphatic carbocycles. The van der Waals surface area contributed by atoms with E-state index in [2.05, 4.69) is 10.6 Å². The molecular formula is C20H22FN3O2. The van der Waals surface area contributed by atoms with Crippen LogP contribution in [0.4, 0.5) is 15.8 Å². The topological polar surface area (TPSA) is 61.4 Å². The molecule has 136 valence electrons. The lowest BCUT2D eigenvalue weighted by Crippen LogP contribution is -2.41. The van der Waals surface area contributed by atoms with Gasteiger partial charge in [0.05, 0.1) is 6.54 Å². The second-order valence-corrected chi connectivity index (χ2v) is 6.46. The maximum atomic E-state index is 12.9. The van der Waals surface area contributed by atoms with Crippen molar-refractivity contribution in [3.05, 3.63) is 60.4 Å². The van der Waals surface area contributed by atoms with Crippen LogP contribution in [-0.4, -0.2) is 36.3 Å². The molecule has 3 rings (SSSR count). The first kappa shape index (κ1) is 18.1. The van der Waals surface area contributed by atoms with Crippen LogP contribution in [-0.2, 0) is 9.59 Å². The van der Waals surface area contributed by atoms with Gasteiger partial charge in [-0.05, 0) is 62.3 Å². The summed E-state index contributed by atoms with van der Waals surface area (Å²) in [6, 6.07) is 15.1. The first-order chi connectivity index (χ1) is 12.6. The maximum Gasteiger partial charge on any atom is 0.238 e. The Bertz CT molecular complexity index is 741. The Morgan fingerprint density at radius 2 is 1.54 bits per heavy atom. The molecule has 0 radical (unpaired) electrons. The van der Waals surface area contributed by atoms with E-state index in [1.165, 1.54) is 24.3 Å². The third-order valence-electron chi connectivity index (χ3n) is 4.49. The van der Waals surface area contributed by atoms with Crippen LogP contribution in [0.5, 0.6) is 0 Å². The van der Waals surface area contributed by atoms with Crippen LogP contribution in [0.15, 0.2) is 54.6 Å². The summed E-state index contributed by atoms with van der Waals surface area (Å²) in [5.74, 6) is -0.471. The number of benzene rings is 2. The largest absolute Gasteiger partial charge is 0.326 e. The zero-order valence-electron chi connectivity index (χ0n) is 14.5. The average Bonchev–Trinajstić information content (AvgIpc) is 2.65. The van der Waals surface area contributed by atoms with Gasteiger partial charge < -0.3 is 10.6 Å². The minimum Gasteiger partial charge on any atom is -0.326 e. The van der Waals surface area contributed by atoms with E-state index in [1.54, 1.807) is 0 Å². The van der Waals surface area contributed by atoms with Gasteiger partial charge in [-0.3, -0.25) is 14.5 Å². The second kappa shape index (κ2) is 8.58. The first-order valence-electron chi connectivity index (χ1n) is 8.74. The van der Waals surface area contributed by atoms with Gasteiger partial charge in [-0.1, -0.05) is 18.2 Å². The standard InChI is InChI=1S/C20H22FN3O2/c21-16-6-8-18(9-7-16)22-19(25)14-24-12-10-15(11-13-24)20(26)23-17-4-2-1-3-5-17/h1-9,15H,10-14H2,(H,22,25)(H,23,26). The van der Waals surface area contributed by atoms with E-state index >= 15 is 0 Å². The summed E-state index contributed by atoms with van der Waals surface area (Å²) in [7, 11) is 0. The van der Waals surface area contributed by atoms with Gasteiger partial charge in [0.1, 0.15) is 5.82 Å². The van der Waals surface area contributed by atoms with Crippen LogP contribution >= 0.6 is 0 Å². The Kier molecular flexibility index (Phi) is 5.96. The van der Waals surface area contributed by atoms with Crippen molar-refractivity contribution in [3.8, 4) is 0 Å². The van der Waals surface area contributed by atoms with Crippen LogP contribution in [0.25, 0.3) is 0 Å². The Morgan fingerprint density at radius 1 is 0.923 bits per heavy atom. The summed E-state index contributed by atoms with van der Waals surface area (Å²) in [4.78, 5) is 26.5. The highest BCUT2D eigenvalue weighted by molar-refractivity contribution is 5.93. The Hall–Kier alpha value is -2.73. The zero-order valence-corrected chi connectivity index (χ0v) is 14.5. The lowest BCUT2D eigenvalue weighted by molar-refractivity contribution is -0.121. The monoisotopic (exact) mass is 355 g/mol. The molecule has 2 aromatic rings. The number of rotatable bonds is 5. The van der Waals surface area contributed by atoms with Gasteiger partial charge in [0, 0.05) is 17.3 Å². The smallest absolute Gasteiger partial charge is 0.238 e. The number of carbonyl (C=O) groups is 2. The van der Waals surface area contributed by atoms with Gasteiger partial charge in [-0.25, -0.2) is 4.39 Å². The molecule has 1 heterocycles. The molecule has 0 spiro atoms. The number of anilines is 2. The van der Waals surface area contributed by atoms with Crippen molar-refractivity contribution in [3.63, 3.8) is 0 Å². The molecule has 0 bridgehead atoms.